The molecule has 0 saturated heterocycles. The van der Waals surface area contributed by atoms with Crippen molar-refractivity contribution in [3.8, 4) is 0 Å². The molecule has 1 aromatic rings. The van der Waals surface area contributed by atoms with Crippen molar-refractivity contribution < 1.29 is 4.74 Å². The summed E-state index contributed by atoms with van der Waals surface area (Å²) >= 11 is 1.75. The summed E-state index contributed by atoms with van der Waals surface area (Å²) in [6, 6.07) is 2.17. The highest BCUT2D eigenvalue weighted by molar-refractivity contribution is 7.07. The maximum absolute atomic E-state index is 5.90. The van der Waals surface area contributed by atoms with Crippen molar-refractivity contribution in [1.82, 2.24) is 0 Å². The summed E-state index contributed by atoms with van der Waals surface area (Å²) in [7, 11) is 0. The first kappa shape index (κ1) is 11.1. The van der Waals surface area contributed by atoms with E-state index in [0.717, 1.165) is 19.6 Å². The van der Waals surface area contributed by atoms with E-state index in [-0.39, 0.29) is 0 Å². The fraction of sp³-hybridized carbons (Fsp3) is 0.667. The van der Waals surface area contributed by atoms with Crippen LogP contribution in [0.25, 0.3) is 0 Å². The SMILES string of the molecule is NCC1CCCC1OCCc1ccsc1. The summed E-state index contributed by atoms with van der Waals surface area (Å²) < 4.78 is 5.90. The second-order valence-corrected chi connectivity index (χ2v) is 5.00. The molecule has 1 aromatic heterocycles. The molecule has 2 atom stereocenters. The normalized spacial score (nSPS) is 25.9. The largest absolute Gasteiger partial charge is 0.378 e. The van der Waals surface area contributed by atoms with E-state index in [1.165, 1.54) is 24.8 Å². The molecule has 3 heteroatoms. The zero-order chi connectivity index (χ0) is 10.5. The number of thiophene rings is 1. The molecule has 15 heavy (non-hydrogen) atoms. The van der Waals surface area contributed by atoms with Crippen LogP contribution in [0.5, 0.6) is 0 Å². The molecule has 0 spiro atoms. The average Bonchev–Trinajstić information content (AvgIpc) is 2.88. The van der Waals surface area contributed by atoms with E-state index < -0.39 is 0 Å². The van der Waals surface area contributed by atoms with Gasteiger partial charge in [0.2, 0.25) is 0 Å². The highest BCUT2D eigenvalue weighted by Crippen LogP contribution is 2.27. The fourth-order valence-electron chi connectivity index (χ4n) is 2.25. The maximum atomic E-state index is 5.90. The van der Waals surface area contributed by atoms with Gasteiger partial charge in [0.05, 0.1) is 12.7 Å². The van der Waals surface area contributed by atoms with Crippen LogP contribution >= 0.6 is 11.3 Å². The summed E-state index contributed by atoms with van der Waals surface area (Å²) in [6.45, 7) is 1.63. The van der Waals surface area contributed by atoms with Crippen LogP contribution in [0.2, 0.25) is 0 Å². The molecule has 0 bridgehead atoms. The van der Waals surface area contributed by atoms with Crippen LogP contribution in [0.3, 0.4) is 0 Å². The zero-order valence-electron chi connectivity index (χ0n) is 9.02. The standard InChI is InChI=1S/C12H19NOS/c13-8-11-2-1-3-12(11)14-6-4-10-5-7-15-9-10/h5,7,9,11-12H,1-4,6,8,13H2. The van der Waals surface area contributed by atoms with Gasteiger partial charge in [0, 0.05) is 0 Å². The van der Waals surface area contributed by atoms with E-state index in [0.29, 0.717) is 12.0 Å². The summed E-state index contributed by atoms with van der Waals surface area (Å²) in [6.07, 6.45) is 5.20. The third-order valence-corrected chi connectivity index (χ3v) is 3.93. The first-order chi connectivity index (χ1) is 7.40. The number of nitrogens with two attached hydrogens (primary N) is 1. The average molecular weight is 225 g/mol. The molecule has 1 aliphatic rings. The van der Waals surface area contributed by atoms with E-state index >= 15 is 0 Å². The Labute approximate surface area is 95.4 Å². The van der Waals surface area contributed by atoms with Gasteiger partial charge in [-0.2, -0.15) is 11.3 Å². The number of hydrogen-bond donors (Lipinski definition) is 1. The third kappa shape index (κ3) is 3.03. The van der Waals surface area contributed by atoms with E-state index in [2.05, 4.69) is 16.8 Å². The van der Waals surface area contributed by atoms with Crippen molar-refractivity contribution in [3.05, 3.63) is 22.4 Å². The molecule has 2 N–H and O–H groups in total. The topological polar surface area (TPSA) is 35.2 Å². The monoisotopic (exact) mass is 225 g/mol. The molecule has 2 nitrogen and oxygen atoms in total. The van der Waals surface area contributed by atoms with Crippen molar-refractivity contribution in [3.63, 3.8) is 0 Å². The predicted octanol–water partition coefficient (Wildman–Crippen LogP) is 2.43. The van der Waals surface area contributed by atoms with Gasteiger partial charge < -0.3 is 10.5 Å². The Morgan fingerprint density at radius 2 is 2.40 bits per heavy atom. The third-order valence-electron chi connectivity index (χ3n) is 3.19. The number of hydrogen-bond acceptors (Lipinski definition) is 3. The van der Waals surface area contributed by atoms with Gasteiger partial charge in [0.25, 0.3) is 0 Å². The lowest BCUT2D eigenvalue weighted by molar-refractivity contribution is 0.0321. The molecule has 1 heterocycles. The lowest BCUT2D eigenvalue weighted by atomic mass is 10.1. The lowest BCUT2D eigenvalue weighted by Crippen LogP contribution is -2.25. The van der Waals surface area contributed by atoms with E-state index in [4.69, 9.17) is 10.5 Å². The van der Waals surface area contributed by atoms with E-state index in [1.54, 1.807) is 11.3 Å². The maximum Gasteiger partial charge on any atom is 0.0615 e. The molecule has 0 aromatic carbocycles. The highest BCUT2D eigenvalue weighted by Gasteiger charge is 2.26. The quantitative estimate of drug-likeness (QED) is 0.835. The second kappa shape index (κ2) is 5.64. The van der Waals surface area contributed by atoms with Crippen LogP contribution in [0.4, 0.5) is 0 Å². The highest BCUT2D eigenvalue weighted by atomic mass is 32.1. The van der Waals surface area contributed by atoms with Crippen LogP contribution in [0.15, 0.2) is 16.8 Å². The van der Waals surface area contributed by atoms with Crippen molar-refractivity contribution in [2.75, 3.05) is 13.2 Å². The summed E-state index contributed by atoms with van der Waals surface area (Å²) in [5.74, 6) is 0.604. The predicted molar refractivity (Wildman–Crippen MR) is 64.2 cm³/mol. The van der Waals surface area contributed by atoms with Gasteiger partial charge in [-0.05, 0) is 54.1 Å². The minimum absolute atomic E-state index is 0.425. The first-order valence-corrected chi connectivity index (χ1v) is 6.67. The molecule has 0 radical (unpaired) electrons. The van der Waals surface area contributed by atoms with Crippen LogP contribution in [-0.4, -0.2) is 19.3 Å². The molecule has 1 saturated carbocycles. The molecular weight excluding hydrogens is 206 g/mol. The number of rotatable bonds is 5. The zero-order valence-corrected chi connectivity index (χ0v) is 9.84. The summed E-state index contributed by atoms with van der Waals surface area (Å²) in [5, 5.41) is 4.31. The molecule has 84 valence electrons. The van der Waals surface area contributed by atoms with Gasteiger partial charge in [-0.15, -0.1) is 0 Å². The van der Waals surface area contributed by atoms with Crippen molar-refractivity contribution in [1.29, 1.82) is 0 Å². The Morgan fingerprint density at radius 1 is 1.47 bits per heavy atom. The van der Waals surface area contributed by atoms with E-state index in [9.17, 15) is 0 Å². The molecule has 0 aliphatic heterocycles. The molecule has 1 fully saturated rings. The van der Waals surface area contributed by atoms with Crippen molar-refractivity contribution in [2.45, 2.75) is 31.8 Å². The van der Waals surface area contributed by atoms with Gasteiger partial charge >= 0.3 is 0 Å². The number of ether oxygens (including phenoxy) is 1. The van der Waals surface area contributed by atoms with Crippen LogP contribution < -0.4 is 5.73 Å². The Kier molecular flexibility index (Phi) is 4.18. The van der Waals surface area contributed by atoms with Gasteiger partial charge in [-0.3, -0.25) is 0 Å². The fourth-order valence-corrected chi connectivity index (χ4v) is 2.96. The van der Waals surface area contributed by atoms with Gasteiger partial charge in [-0.25, -0.2) is 0 Å². The Balaban J connectivity index is 1.69. The lowest BCUT2D eigenvalue weighted by Gasteiger charge is -2.18. The second-order valence-electron chi connectivity index (χ2n) is 4.22. The smallest absolute Gasteiger partial charge is 0.0615 e. The summed E-state index contributed by atoms with van der Waals surface area (Å²) in [4.78, 5) is 0. The Bertz CT molecular complexity index is 273. The van der Waals surface area contributed by atoms with Crippen LogP contribution in [0.1, 0.15) is 24.8 Å². The minimum atomic E-state index is 0.425. The minimum Gasteiger partial charge on any atom is -0.378 e. The van der Waals surface area contributed by atoms with Gasteiger partial charge in [-0.1, -0.05) is 6.42 Å². The molecule has 1 aliphatic carbocycles. The summed E-state index contributed by atoms with van der Waals surface area (Å²) in [5.41, 5.74) is 7.10. The molecule has 2 rings (SSSR count). The van der Waals surface area contributed by atoms with E-state index in [1.807, 2.05) is 0 Å². The van der Waals surface area contributed by atoms with Gasteiger partial charge in [0.1, 0.15) is 0 Å². The first-order valence-electron chi connectivity index (χ1n) is 5.73. The van der Waals surface area contributed by atoms with Crippen LogP contribution in [-0.2, 0) is 11.2 Å². The van der Waals surface area contributed by atoms with Gasteiger partial charge in [0.15, 0.2) is 0 Å². The molecule has 0 amide bonds. The van der Waals surface area contributed by atoms with Crippen LogP contribution in [0, 0.1) is 5.92 Å². The van der Waals surface area contributed by atoms with Crippen molar-refractivity contribution >= 4 is 11.3 Å². The van der Waals surface area contributed by atoms with Crippen molar-refractivity contribution in [2.24, 2.45) is 11.7 Å². The molecule has 2 unspecified atom stereocenters. The Morgan fingerprint density at radius 3 is 3.13 bits per heavy atom. The Hall–Kier alpha value is -0.380. The molecular formula is C12H19NOS.